The molecular weight excluding hydrogens is 386 g/mol. The Hall–Kier alpha value is -2.90. The number of carbonyl (C=O) groups is 2. The highest BCUT2D eigenvalue weighted by atomic mass is 16.5. The molecule has 1 aliphatic carbocycles. The molecule has 1 saturated heterocycles. The van der Waals surface area contributed by atoms with Crippen LogP contribution in [0, 0.1) is 10.8 Å². The maximum atomic E-state index is 12.7. The third-order valence-electron chi connectivity index (χ3n) is 6.00. The standard InChI is InChI=1S/C22H27N3O5/c1-21(2)9-16-10-22(3,13-21)14-24(16)17(26)12-29-18(27)11-25-20(28)30-19(23-25)15-7-5-4-6-8-15/h4-8,16H,9-14H2,1-3H3/t16-,22-/m1/s1. The molecule has 1 saturated carbocycles. The molecule has 30 heavy (non-hydrogen) atoms. The average molecular weight is 413 g/mol. The fourth-order valence-electron chi connectivity index (χ4n) is 5.25. The van der Waals surface area contributed by atoms with Gasteiger partial charge in [0.15, 0.2) is 6.61 Å². The minimum Gasteiger partial charge on any atom is -0.454 e. The monoisotopic (exact) mass is 413 g/mol. The van der Waals surface area contributed by atoms with Gasteiger partial charge in [0.05, 0.1) is 0 Å². The van der Waals surface area contributed by atoms with Crippen LogP contribution in [-0.2, 0) is 20.9 Å². The number of benzene rings is 1. The van der Waals surface area contributed by atoms with Gasteiger partial charge in [0.2, 0.25) is 5.89 Å². The highest BCUT2D eigenvalue weighted by molar-refractivity contribution is 5.81. The molecule has 8 heteroatoms. The molecule has 0 spiro atoms. The van der Waals surface area contributed by atoms with Crippen molar-refractivity contribution in [1.82, 2.24) is 14.7 Å². The number of fused-ring (bicyclic) bond motifs is 2. The van der Waals surface area contributed by atoms with Crippen LogP contribution in [0.25, 0.3) is 11.5 Å². The van der Waals surface area contributed by atoms with E-state index in [1.807, 2.05) is 11.0 Å². The van der Waals surface area contributed by atoms with E-state index in [-0.39, 0.29) is 35.3 Å². The molecule has 1 aromatic carbocycles. The molecule has 8 nitrogen and oxygen atoms in total. The Morgan fingerprint density at radius 2 is 1.93 bits per heavy atom. The number of ether oxygens (including phenoxy) is 1. The number of amides is 1. The van der Waals surface area contributed by atoms with E-state index in [1.54, 1.807) is 24.3 Å². The van der Waals surface area contributed by atoms with Gasteiger partial charge in [-0.05, 0) is 42.2 Å². The molecule has 2 fully saturated rings. The Labute approximate surface area is 174 Å². The largest absolute Gasteiger partial charge is 0.454 e. The number of hydrogen-bond donors (Lipinski definition) is 0. The van der Waals surface area contributed by atoms with Crippen molar-refractivity contribution in [2.75, 3.05) is 13.2 Å². The average Bonchev–Trinajstić information content (AvgIpc) is 3.16. The van der Waals surface area contributed by atoms with Crippen LogP contribution in [-0.4, -0.2) is 45.8 Å². The first-order valence-electron chi connectivity index (χ1n) is 10.2. The van der Waals surface area contributed by atoms with E-state index in [1.165, 1.54) is 0 Å². The van der Waals surface area contributed by atoms with Crippen molar-refractivity contribution in [3.05, 3.63) is 40.9 Å². The zero-order valence-electron chi connectivity index (χ0n) is 17.6. The first-order valence-corrected chi connectivity index (χ1v) is 10.2. The second-order valence-electron chi connectivity index (χ2n) is 9.59. The van der Waals surface area contributed by atoms with Gasteiger partial charge in [-0.3, -0.25) is 9.59 Å². The van der Waals surface area contributed by atoms with Gasteiger partial charge in [0, 0.05) is 18.2 Å². The molecule has 2 aliphatic rings. The van der Waals surface area contributed by atoms with E-state index in [4.69, 9.17) is 9.15 Å². The summed E-state index contributed by atoms with van der Waals surface area (Å²) in [4.78, 5) is 38.7. The maximum Gasteiger partial charge on any atom is 0.437 e. The molecule has 0 radical (unpaired) electrons. The van der Waals surface area contributed by atoms with Crippen LogP contribution < -0.4 is 5.76 Å². The second-order valence-corrected chi connectivity index (χ2v) is 9.59. The third-order valence-corrected chi connectivity index (χ3v) is 6.00. The summed E-state index contributed by atoms with van der Waals surface area (Å²) >= 11 is 0. The Morgan fingerprint density at radius 1 is 1.20 bits per heavy atom. The molecule has 2 heterocycles. The number of nitrogens with zero attached hydrogens (tertiary/aromatic N) is 3. The van der Waals surface area contributed by atoms with Crippen LogP contribution in [0.4, 0.5) is 0 Å². The van der Waals surface area contributed by atoms with Gasteiger partial charge < -0.3 is 14.1 Å². The van der Waals surface area contributed by atoms with Gasteiger partial charge in [-0.15, -0.1) is 5.10 Å². The zero-order valence-corrected chi connectivity index (χ0v) is 17.6. The summed E-state index contributed by atoms with van der Waals surface area (Å²) in [5.74, 6) is -1.51. The van der Waals surface area contributed by atoms with Gasteiger partial charge >= 0.3 is 11.7 Å². The molecule has 1 aromatic heterocycles. The van der Waals surface area contributed by atoms with Gasteiger partial charge in [-0.1, -0.05) is 39.0 Å². The number of esters is 1. The Morgan fingerprint density at radius 3 is 2.67 bits per heavy atom. The van der Waals surface area contributed by atoms with Crippen molar-refractivity contribution < 1.29 is 18.7 Å². The Balaban J connectivity index is 1.34. The first kappa shape index (κ1) is 20.4. The quantitative estimate of drug-likeness (QED) is 0.699. The summed E-state index contributed by atoms with van der Waals surface area (Å²) < 4.78 is 11.2. The molecule has 1 amide bonds. The summed E-state index contributed by atoms with van der Waals surface area (Å²) in [6.45, 7) is 6.66. The van der Waals surface area contributed by atoms with Crippen molar-refractivity contribution in [3.8, 4) is 11.5 Å². The van der Waals surface area contributed by atoms with E-state index >= 15 is 0 Å². The molecule has 1 aliphatic heterocycles. The first-order chi connectivity index (χ1) is 14.1. The smallest absolute Gasteiger partial charge is 0.437 e. The van der Waals surface area contributed by atoms with E-state index < -0.39 is 18.3 Å². The SMILES string of the molecule is CC1(C)C[C@@H]2C[C@@](C)(CN2C(=O)COC(=O)Cn2nc(-c3ccccc3)oc2=O)C1. The molecule has 2 aromatic rings. The molecule has 2 bridgehead atoms. The van der Waals surface area contributed by atoms with Crippen molar-refractivity contribution in [1.29, 1.82) is 0 Å². The Bertz CT molecular complexity index is 1010. The summed E-state index contributed by atoms with van der Waals surface area (Å²) in [6.07, 6.45) is 3.03. The van der Waals surface area contributed by atoms with Crippen molar-refractivity contribution in [3.63, 3.8) is 0 Å². The molecule has 0 unspecified atom stereocenters. The Kier molecular flexibility index (Phi) is 5.03. The highest BCUT2D eigenvalue weighted by Crippen LogP contribution is 2.52. The van der Waals surface area contributed by atoms with E-state index in [0.29, 0.717) is 12.1 Å². The topological polar surface area (TPSA) is 94.6 Å². The summed E-state index contributed by atoms with van der Waals surface area (Å²) in [5, 5.41) is 4.03. The lowest BCUT2D eigenvalue weighted by Gasteiger charge is -2.39. The number of likely N-dealkylation sites (tertiary alicyclic amines) is 1. The van der Waals surface area contributed by atoms with E-state index in [2.05, 4.69) is 25.9 Å². The van der Waals surface area contributed by atoms with Crippen LogP contribution in [0.15, 0.2) is 39.5 Å². The van der Waals surface area contributed by atoms with Gasteiger partial charge in [-0.2, -0.15) is 4.68 Å². The van der Waals surface area contributed by atoms with Gasteiger partial charge in [-0.25, -0.2) is 4.79 Å². The number of aromatic nitrogens is 2. The maximum absolute atomic E-state index is 12.7. The van der Waals surface area contributed by atoms with Crippen LogP contribution >= 0.6 is 0 Å². The fraction of sp³-hybridized carbons (Fsp3) is 0.545. The lowest BCUT2D eigenvalue weighted by molar-refractivity contribution is -0.153. The normalized spacial score (nSPS) is 24.6. The minimum absolute atomic E-state index is 0.119. The summed E-state index contributed by atoms with van der Waals surface area (Å²) in [5.41, 5.74) is 0.954. The minimum atomic E-state index is -0.749. The van der Waals surface area contributed by atoms with Gasteiger partial charge in [0.25, 0.3) is 5.91 Å². The van der Waals surface area contributed by atoms with Crippen molar-refractivity contribution in [2.45, 2.75) is 52.6 Å². The van der Waals surface area contributed by atoms with Crippen molar-refractivity contribution >= 4 is 11.9 Å². The van der Waals surface area contributed by atoms with Crippen LogP contribution in [0.1, 0.15) is 40.0 Å². The van der Waals surface area contributed by atoms with Crippen molar-refractivity contribution in [2.24, 2.45) is 10.8 Å². The van der Waals surface area contributed by atoms with Crippen LogP contribution in [0.2, 0.25) is 0 Å². The van der Waals surface area contributed by atoms with Crippen LogP contribution in [0.5, 0.6) is 0 Å². The molecule has 160 valence electrons. The van der Waals surface area contributed by atoms with Gasteiger partial charge in [0.1, 0.15) is 6.54 Å². The van der Waals surface area contributed by atoms with Crippen LogP contribution in [0.3, 0.4) is 0 Å². The number of carbonyl (C=O) groups excluding carboxylic acids is 2. The molecular formula is C22H27N3O5. The lowest BCUT2D eigenvalue weighted by Crippen LogP contribution is -2.40. The molecule has 4 rings (SSSR count). The lowest BCUT2D eigenvalue weighted by atomic mass is 9.65. The predicted octanol–water partition coefficient (Wildman–Crippen LogP) is 2.47. The zero-order chi connectivity index (χ0) is 21.5. The molecule has 0 N–H and O–H groups in total. The highest BCUT2D eigenvalue weighted by Gasteiger charge is 2.50. The fourth-order valence-corrected chi connectivity index (χ4v) is 5.25. The second kappa shape index (κ2) is 7.41. The van der Waals surface area contributed by atoms with E-state index in [0.717, 1.165) is 23.9 Å². The predicted molar refractivity (Wildman–Crippen MR) is 108 cm³/mol. The number of hydrogen-bond acceptors (Lipinski definition) is 6. The molecule has 2 atom stereocenters. The van der Waals surface area contributed by atoms with E-state index in [9.17, 15) is 14.4 Å². The summed E-state index contributed by atoms with van der Waals surface area (Å²) in [6, 6.07) is 9.12. The summed E-state index contributed by atoms with van der Waals surface area (Å²) in [7, 11) is 0. The third kappa shape index (κ3) is 4.17. The number of rotatable bonds is 5.